The van der Waals surface area contributed by atoms with Crippen molar-refractivity contribution in [2.75, 3.05) is 11.4 Å². The smallest absolute Gasteiger partial charge is 0.436 e. The molecule has 1 aromatic heterocycles. The first-order chi connectivity index (χ1) is 17.8. The van der Waals surface area contributed by atoms with Crippen LogP contribution in [0.4, 0.5) is 27.8 Å². The number of nitrogens with zero attached hydrogens (tertiary/aromatic N) is 3. The number of carbonyl (C=O) groups is 2. The summed E-state index contributed by atoms with van der Waals surface area (Å²) in [6.45, 7) is 2.15. The molecule has 0 spiro atoms. The third-order valence-electron chi connectivity index (χ3n) is 6.24. The second-order valence-corrected chi connectivity index (χ2v) is 9.71. The largest absolute Gasteiger partial charge is 0.478 e. The van der Waals surface area contributed by atoms with E-state index in [9.17, 15) is 31.5 Å². The van der Waals surface area contributed by atoms with Gasteiger partial charge in [-0.3, -0.25) is 4.79 Å². The van der Waals surface area contributed by atoms with Crippen molar-refractivity contribution >= 4 is 26.9 Å². The number of fused-ring (bicyclic) bond motifs is 1. The average Bonchev–Trinajstić information content (AvgIpc) is 3.25. The SMILES string of the molecule is C[C@H](NC(=O)c1c(C(F)(F)F)nn2c1N(Cc1ccc(C(F)(F)P)cc1)CCC2)c1ccc(C(=O)O)cc1. The van der Waals surface area contributed by atoms with Crippen LogP contribution < -0.4 is 10.2 Å². The molecule has 1 aliphatic rings. The molecule has 38 heavy (non-hydrogen) atoms. The Hall–Kier alpha value is -3.53. The fourth-order valence-corrected chi connectivity index (χ4v) is 4.52. The summed E-state index contributed by atoms with van der Waals surface area (Å²) in [7, 11) is 1.45. The van der Waals surface area contributed by atoms with E-state index >= 15 is 0 Å². The number of carbonyl (C=O) groups excluding carboxylic acids is 1. The molecular weight excluding hydrogens is 530 g/mol. The standard InChI is InChI=1S/C25H24F5N4O3P/c1-14(16-5-7-17(8-6-16)23(36)37)31-21(35)19-20(24(26,27)28)32-34-12-2-11-33(22(19)34)13-15-3-9-18(10-4-15)25(29,30)38/h3-10,14H,2,11-13,38H2,1H3,(H,31,35)(H,36,37)/t14-/m0/s1. The molecule has 0 saturated carbocycles. The minimum atomic E-state index is -4.90. The van der Waals surface area contributed by atoms with Crippen molar-refractivity contribution in [1.82, 2.24) is 15.1 Å². The van der Waals surface area contributed by atoms with Crippen LogP contribution >= 0.6 is 9.24 Å². The van der Waals surface area contributed by atoms with Crippen LogP contribution in [0.15, 0.2) is 48.5 Å². The first-order valence-electron chi connectivity index (χ1n) is 11.6. The Morgan fingerprint density at radius 2 is 1.68 bits per heavy atom. The number of rotatable bonds is 7. The minimum Gasteiger partial charge on any atom is -0.478 e. The Labute approximate surface area is 216 Å². The van der Waals surface area contributed by atoms with Crippen LogP contribution in [0.25, 0.3) is 0 Å². The van der Waals surface area contributed by atoms with E-state index in [1.165, 1.54) is 57.8 Å². The lowest BCUT2D eigenvalue weighted by Gasteiger charge is -2.31. The van der Waals surface area contributed by atoms with Gasteiger partial charge in [-0.2, -0.15) is 27.1 Å². The molecule has 0 radical (unpaired) electrons. The van der Waals surface area contributed by atoms with Gasteiger partial charge in [-0.05, 0) is 36.6 Å². The molecule has 0 saturated heterocycles. The van der Waals surface area contributed by atoms with E-state index in [0.717, 1.165) is 4.68 Å². The highest BCUT2D eigenvalue weighted by Crippen LogP contribution is 2.39. The molecule has 7 nitrogen and oxygen atoms in total. The van der Waals surface area contributed by atoms with Gasteiger partial charge < -0.3 is 15.3 Å². The molecule has 2 atom stereocenters. The zero-order valence-electron chi connectivity index (χ0n) is 20.1. The third-order valence-corrected chi connectivity index (χ3v) is 6.57. The molecule has 202 valence electrons. The third kappa shape index (κ3) is 5.80. The van der Waals surface area contributed by atoms with Crippen LogP contribution in [0.2, 0.25) is 0 Å². The molecule has 1 amide bonds. The van der Waals surface area contributed by atoms with Gasteiger partial charge in [0.15, 0.2) is 5.69 Å². The van der Waals surface area contributed by atoms with Gasteiger partial charge >= 0.3 is 12.1 Å². The summed E-state index contributed by atoms with van der Waals surface area (Å²) in [5.41, 5.74) is -4.17. The molecule has 0 aliphatic carbocycles. The van der Waals surface area contributed by atoms with E-state index in [1.54, 1.807) is 11.8 Å². The lowest BCUT2D eigenvalue weighted by atomic mass is 10.0. The van der Waals surface area contributed by atoms with Crippen molar-refractivity contribution in [1.29, 1.82) is 0 Å². The van der Waals surface area contributed by atoms with E-state index in [0.29, 0.717) is 24.1 Å². The second kappa shape index (κ2) is 10.3. The number of nitrogens with one attached hydrogen (secondary N) is 1. The first-order valence-corrected chi connectivity index (χ1v) is 12.2. The number of aromatic nitrogens is 2. The number of carboxylic acid groups (broad SMARTS) is 1. The van der Waals surface area contributed by atoms with E-state index in [4.69, 9.17) is 5.11 Å². The lowest BCUT2D eigenvalue weighted by molar-refractivity contribution is -0.141. The lowest BCUT2D eigenvalue weighted by Crippen LogP contribution is -2.35. The normalized spacial score (nSPS) is 14.7. The minimum absolute atomic E-state index is 0.00467. The highest BCUT2D eigenvalue weighted by atomic mass is 31.0. The summed E-state index contributed by atoms with van der Waals surface area (Å²) in [5.74, 6) is -2.13. The van der Waals surface area contributed by atoms with Crippen LogP contribution in [-0.4, -0.2) is 33.3 Å². The maximum absolute atomic E-state index is 14.0. The van der Waals surface area contributed by atoms with Gasteiger partial charge in [-0.1, -0.05) is 45.6 Å². The Balaban J connectivity index is 1.65. The number of anilines is 1. The van der Waals surface area contributed by atoms with E-state index < -0.39 is 41.0 Å². The molecular formula is C25H24F5N4O3P. The molecule has 4 rings (SSSR count). The number of alkyl halides is 5. The Kier molecular flexibility index (Phi) is 7.47. The predicted molar refractivity (Wildman–Crippen MR) is 132 cm³/mol. The van der Waals surface area contributed by atoms with E-state index in [2.05, 4.69) is 10.4 Å². The van der Waals surface area contributed by atoms with Crippen molar-refractivity contribution in [3.63, 3.8) is 0 Å². The molecule has 13 heteroatoms. The number of aryl methyl sites for hydroxylation is 1. The van der Waals surface area contributed by atoms with Crippen LogP contribution in [0.5, 0.6) is 0 Å². The van der Waals surface area contributed by atoms with Gasteiger partial charge in [0.2, 0.25) is 0 Å². The number of carboxylic acids is 1. The summed E-state index contributed by atoms with van der Waals surface area (Å²) in [6, 6.07) is 10.3. The number of benzene rings is 2. The van der Waals surface area contributed by atoms with Gasteiger partial charge in [0.05, 0.1) is 11.6 Å². The summed E-state index contributed by atoms with van der Waals surface area (Å²) >= 11 is 0. The maximum Gasteiger partial charge on any atom is 0.436 e. The number of aromatic carboxylic acids is 1. The van der Waals surface area contributed by atoms with Crippen molar-refractivity contribution in [3.05, 3.63) is 82.0 Å². The van der Waals surface area contributed by atoms with Crippen molar-refractivity contribution < 1.29 is 36.6 Å². The Bertz CT molecular complexity index is 1340. The molecule has 0 fully saturated rings. The van der Waals surface area contributed by atoms with Gasteiger partial charge in [-0.15, -0.1) is 0 Å². The molecule has 1 aliphatic heterocycles. The molecule has 2 N–H and O–H groups in total. The summed E-state index contributed by atoms with van der Waals surface area (Å²) in [5, 5.41) is 15.3. The predicted octanol–water partition coefficient (Wildman–Crippen LogP) is 5.43. The molecule has 0 bridgehead atoms. The fraction of sp³-hybridized carbons (Fsp3) is 0.320. The van der Waals surface area contributed by atoms with Crippen molar-refractivity contribution in [2.45, 2.75) is 44.3 Å². The van der Waals surface area contributed by atoms with Crippen LogP contribution in [0.1, 0.15) is 62.5 Å². The average molecular weight is 554 g/mol. The van der Waals surface area contributed by atoms with Gasteiger partial charge in [-0.25, -0.2) is 9.48 Å². The van der Waals surface area contributed by atoms with Gasteiger partial charge in [0, 0.05) is 25.2 Å². The number of halogens is 5. The van der Waals surface area contributed by atoms with E-state index in [-0.39, 0.29) is 30.0 Å². The molecule has 2 aromatic carbocycles. The van der Waals surface area contributed by atoms with Crippen LogP contribution in [-0.2, 0) is 24.9 Å². The summed E-state index contributed by atoms with van der Waals surface area (Å²) in [6.07, 6.45) is -4.43. The Morgan fingerprint density at radius 1 is 1.05 bits per heavy atom. The second-order valence-electron chi connectivity index (χ2n) is 8.99. The van der Waals surface area contributed by atoms with Crippen molar-refractivity contribution in [2.24, 2.45) is 0 Å². The zero-order valence-corrected chi connectivity index (χ0v) is 21.3. The monoisotopic (exact) mass is 554 g/mol. The quantitative estimate of drug-likeness (QED) is 0.301. The number of hydrogen-bond donors (Lipinski definition) is 2. The van der Waals surface area contributed by atoms with Crippen LogP contribution in [0.3, 0.4) is 0 Å². The molecule has 3 aromatic rings. The topological polar surface area (TPSA) is 87.5 Å². The highest BCUT2D eigenvalue weighted by molar-refractivity contribution is 7.17. The molecule has 2 heterocycles. The zero-order chi connectivity index (χ0) is 27.8. The summed E-state index contributed by atoms with van der Waals surface area (Å²) in [4.78, 5) is 26.0. The fourth-order valence-electron chi connectivity index (χ4n) is 4.33. The van der Waals surface area contributed by atoms with Crippen LogP contribution in [0, 0.1) is 0 Å². The van der Waals surface area contributed by atoms with Gasteiger partial charge in [0.25, 0.3) is 11.6 Å². The number of amides is 1. The maximum atomic E-state index is 14.0. The summed E-state index contributed by atoms with van der Waals surface area (Å²) < 4.78 is 70.2. The first kappa shape index (κ1) is 27.5. The molecule has 1 unspecified atom stereocenters. The van der Waals surface area contributed by atoms with Crippen molar-refractivity contribution in [3.8, 4) is 0 Å². The highest BCUT2D eigenvalue weighted by Gasteiger charge is 2.43. The number of hydrogen-bond acceptors (Lipinski definition) is 4. The Morgan fingerprint density at radius 3 is 2.24 bits per heavy atom. The van der Waals surface area contributed by atoms with E-state index in [1.807, 2.05) is 0 Å². The van der Waals surface area contributed by atoms with Gasteiger partial charge in [0.1, 0.15) is 11.4 Å².